The number of benzene rings is 2. The summed E-state index contributed by atoms with van der Waals surface area (Å²) in [6, 6.07) is 13.8. The van der Waals surface area contributed by atoms with Gasteiger partial charge in [0.1, 0.15) is 4.32 Å². The molecule has 2 aromatic rings. The molecule has 2 aromatic carbocycles. The predicted octanol–water partition coefficient (Wildman–Crippen LogP) is 3.92. The zero-order valence-electron chi connectivity index (χ0n) is 15.5. The number of carboxylic acid groups (broad SMARTS) is 1. The van der Waals surface area contributed by atoms with E-state index in [1.54, 1.807) is 18.2 Å². The highest BCUT2D eigenvalue weighted by Gasteiger charge is 2.32. The van der Waals surface area contributed by atoms with Gasteiger partial charge in [-0.1, -0.05) is 59.9 Å². The lowest BCUT2D eigenvalue weighted by Crippen LogP contribution is -2.31. The number of thioether (sulfide) groups is 1. The zero-order chi connectivity index (χ0) is 21.0. The Bertz CT molecular complexity index is 1020. The van der Waals surface area contributed by atoms with E-state index >= 15 is 0 Å². The standard InChI is InChI=1S/C21H18N2O4S2/c1-13-5-7-14(8-6-13)11-17-19(25)23(21(28)29-17)10-9-18(24)22-16-4-2-3-15(12-16)20(26)27/h2-8,11-12H,9-10H2,1H3,(H,22,24)(H,26,27). The van der Waals surface area contributed by atoms with Crippen LogP contribution in [0.5, 0.6) is 0 Å². The van der Waals surface area contributed by atoms with Crippen molar-refractivity contribution in [2.24, 2.45) is 0 Å². The number of rotatable bonds is 6. The van der Waals surface area contributed by atoms with Crippen molar-refractivity contribution >= 4 is 57.8 Å². The number of aromatic carboxylic acids is 1. The average Bonchev–Trinajstić information content (AvgIpc) is 2.95. The summed E-state index contributed by atoms with van der Waals surface area (Å²) in [4.78, 5) is 37.8. The number of hydrogen-bond donors (Lipinski definition) is 2. The van der Waals surface area contributed by atoms with E-state index in [0.29, 0.717) is 14.9 Å². The molecule has 0 spiro atoms. The molecule has 0 radical (unpaired) electrons. The van der Waals surface area contributed by atoms with Gasteiger partial charge in [-0.15, -0.1) is 0 Å². The van der Waals surface area contributed by atoms with Crippen molar-refractivity contribution in [2.45, 2.75) is 13.3 Å². The molecule has 0 unspecified atom stereocenters. The summed E-state index contributed by atoms with van der Waals surface area (Å²) in [7, 11) is 0. The van der Waals surface area contributed by atoms with Crippen molar-refractivity contribution in [3.63, 3.8) is 0 Å². The summed E-state index contributed by atoms with van der Waals surface area (Å²) in [6.45, 7) is 2.15. The SMILES string of the molecule is Cc1ccc(C=C2SC(=S)N(CCC(=O)Nc3cccc(C(=O)O)c3)C2=O)cc1. The number of aryl methyl sites for hydroxylation is 1. The molecule has 8 heteroatoms. The van der Waals surface area contributed by atoms with Crippen molar-refractivity contribution in [3.8, 4) is 0 Å². The van der Waals surface area contributed by atoms with Crippen LogP contribution in [0.3, 0.4) is 0 Å². The summed E-state index contributed by atoms with van der Waals surface area (Å²) in [5, 5.41) is 11.7. The molecule has 1 heterocycles. The number of carbonyl (C=O) groups is 3. The Kier molecular flexibility index (Phi) is 6.46. The third-order valence-electron chi connectivity index (χ3n) is 4.20. The Morgan fingerprint density at radius 1 is 1.21 bits per heavy atom. The fraction of sp³-hybridized carbons (Fsp3) is 0.143. The molecule has 1 aliphatic heterocycles. The second-order valence-electron chi connectivity index (χ2n) is 6.43. The van der Waals surface area contributed by atoms with Crippen molar-refractivity contribution < 1.29 is 19.5 Å². The summed E-state index contributed by atoms with van der Waals surface area (Å²) < 4.78 is 0.411. The topological polar surface area (TPSA) is 86.7 Å². The van der Waals surface area contributed by atoms with Gasteiger partial charge in [0, 0.05) is 18.7 Å². The Morgan fingerprint density at radius 2 is 1.93 bits per heavy atom. The van der Waals surface area contributed by atoms with Crippen LogP contribution in [0.1, 0.15) is 27.9 Å². The smallest absolute Gasteiger partial charge is 0.335 e. The first-order valence-corrected chi connectivity index (χ1v) is 10.0. The minimum atomic E-state index is -1.07. The average molecular weight is 427 g/mol. The number of nitrogens with zero attached hydrogens (tertiary/aromatic N) is 1. The van der Waals surface area contributed by atoms with E-state index in [4.69, 9.17) is 17.3 Å². The third-order valence-corrected chi connectivity index (χ3v) is 5.58. The van der Waals surface area contributed by atoms with Crippen LogP contribution >= 0.6 is 24.0 Å². The molecule has 2 N–H and O–H groups in total. The number of hydrogen-bond acceptors (Lipinski definition) is 5. The molecule has 6 nitrogen and oxygen atoms in total. The number of nitrogens with one attached hydrogen (secondary N) is 1. The summed E-state index contributed by atoms with van der Waals surface area (Å²) in [5.41, 5.74) is 2.52. The molecule has 1 aliphatic rings. The highest BCUT2D eigenvalue weighted by Crippen LogP contribution is 2.32. The molecule has 1 fully saturated rings. The molecular weight excluding hydrogens is 408 g/mol. The maximum absolute atomic E-state index is 12.6. The van der Waals surface area contributed by atoms with Gasteiger partial charge >= 0.3 is 5.97 Å². The zero-order valence-corrected chi connectivity index (χ0v) is 17.2. The Balaban J connectivity index is 1.60. The van der Waals surface area contributed by atoms with Crippen molar-refractivity contribution in [2.75, 3.05) is 11.9 Å². The van der Waals surface area contributed by atoms with Crippen LogP contribution in [-0.2, 0) is 9.59 Å². The lowest BCUT2D eigenvalue weighted by atomic mass is 10.1. The first kappa shape index (κ1) is 20.8. The molecule has 1 saturated heterocycles. The minimum Gasteiger partial charge on any atom is -0.478 e. The molecule has 2 amide bonds. The van der Waals surface area contributed by atoms with Gasteiger partial charge in [-0.3, -0.25) is 14.5 Å². The largest absolute Gasteiger partial charge is 0.478 e. The molecule has 0 aliphatic carbocycles. The van der Waals surface area contributed by atoms with Gasteiger partial charge in [0.25, 0.3) is 5.91 Å². The number of carbonyl (C=O) groups excluding carboxylic acids is 2. The fourth-order valence-corrected chi connectivity index (χ4v) is 3.98. The van der Waals surface area contributed by atoms with Gasteiger partial charge < -0.3 is 10.4 Å². The van der Waals surface area contributed by atoms with Crippen LogP contribution in [0.2, 0.25) is 0 Å². The van der Waals surface area contributed by atoms with Crippen molar-refractivity contribution in [3.05, 3.63) is 70.1 Å². The van der Waals surface area contributed by atoms with Gasteiger partial charge in [-0.2, -0.15) is 0 Å². The summed E-state index contributed by atoms with van der Waals surface area (Å²) >= 11 is 6.50. The second kappa shape index (κ2) is 9.02. The van der Waals surface area contributed by atoms with E-state index in [0.717, 1.165) is 11.1 Å². The molecule has 148 valence electrons. The van der Waals surface area contributed by atoms with Crippen LogP contribution in [0.4, 0.5) is 5.69 Å². The molecule has 3 rings (SSSR count). The third kappa shape index (κ3) is 5.30. The molecule has 29 heavy (non-hydrogen) atoms. The van der Waals surface area contributed by atoms with Gasteiger partial charge in [0.05, 0.1) is 10.5 Å². The Labute approximate surface area is 177 Å². The van der Waals surface area contributed by atoms with E-state index < -0.39 is 5.97 Å². The van der Waals surface area contributed by atoms with E-state index in [-0.39, 0.29) is 30.3 Å². The minimum absolute atomic E-state index is 0.0432. The van der Waals surface area contributed by atoms with Gasteiger partial charge in [-0.25, -0.2) is 4.79 Å². The fourth-order valence-electron chi connectivity index (χ4n) is 2.67. The van der Waals surface area contributed by atoms with Crippen LogP contribution in [0, 0.1) is 6.92 Å². The number of anilines is 1. The van der Waals surface area contributed by atoms with Gasteiger partial charge in [0.2, 0.25) is 5.91 Å². The van der Waals surface area contributed by atoms with E-state index in [1.165, 1.54) is 28.8 Å². The van der Waals surface area contributed by atoms with Gasteiger partial charge in [-0.05, 0) is 36.8 Å². The first-order valence-electron chi connectivity index (χ1n) is 8.79. The Morgan fingerprint density at radius 3 is 2.62 bits per heavy atom. The highest BCUT2D eigenvalue weighted by molar-refractivity contribution is 8.26. The molecule has 0 bridgehead atoms. The van der Waals surface area contributed by atoms with Crippen LogP contribution < -0.4 is 5.32 Å². The lowest BCUT2D eigenvalue weighted by Gasteiger charge is -2.14. The van der Waals surface area contributed by atoms with Crippen molar-refractivity contribution in [1.29, 1.82) is 0 Å². The normalized spacial score (nSPS) is 15.1. The molecule has 0 atom stereocenters. The summed E-state index contributed by atoms with van der Waals surface area (Å²) in [6.07, 6.45) is 1.83. The van der Waals surface area contributed by atoms with E-state index in [1.807, 2.05) is 31.2 Å². The predicted molar refractivity (Wildman–Crippen MR) is 118 cm³/mol. The van der Waals surface area contributed by atoms with Crippen LogP contribution in [0.25, 0.3) is 6.08 Å². The van der Waals surface area contributed by atoms with Crippen LogP contribution in [0.15, 0.2) is 53.4 Å². The van der Waals surface area contributed by atoms with Crippen LogP contribution in [-0.4, -0.2) is 38.7 Å². The number of carboxylic acids is 1. The quantitative estimate of drug-likeness (QED) is 0.538. The van der Waals surface area contributed by atoms with E-state index in [9.17, 15) is 14.4 Å². The summed E-state index contributed by atoms with van der Waals surface area (Å²) in [5.74, 6) is -1.62. The first-order chi connectivity index (χ1) is 13.8. The molecule has 0 aromatic heterocycles. The maximum Gasteiger partial charge on any atom is 0.335 e. The van der Waals surface area contributed by atoms with E-state index in [2.05, 4.69) is 5.32 Å². The second-order valence-corrected chi connectivity index (χ2v) is 8.10. The highest BCUT2D eigenvalue weighted by atomic mass is 32.2. The monoisotopic (exact) mass is 426 g/mol. The number of thiocarbonyl (C=S) groups is 1. The van der Waals surface area contributed by atoms with Gasteiger partial charge in [0.15, 0.2) is 0 Å². The lowest BCUT2D eigenvalue weighted by molar-refractivity contribution is -0.122. The van der Waals surface area contributed by atoms with Crippen molar-refractivity contribution in [1.82, 2.24) is 4.90 Å². The maximum atomic E-state index is 12.6. The Hall–Kier alpha value is -2.97. The molecule has 0 saturated carbocycles. The number of amides is 2. The molecular formula is C21H18N2O4S2.